The number of nitrogens with one attached hydrogen (secondary N) is 3. The summed E-state index contributed by atoms with van der Waals surface area (Å²) in [7, 11) is 0. The van der Waals surface area contributed by atoms with Crippen LogP contribution < -0.4 is 10.6 Å². The van der Waals surface area contributed by atoms with E-state index in [0.29, 0.717) is 0 Å². The summed E-state index contributed by atoms with van der Waals surface area (Å²) in [5, 5.41) is 14.0. The van der Waals surface area contributed by atoms with E-state index < -0.39 is 0 Å². The number of hydrogen-bond donors (Lipinski definition) is 3. The lowest BCUT2D eigenvalue weighted by molar-refractivity contribution is 0.836. The maximum absolute atomic E-state index is 4.37. The van der Waals surface area contributed by atoms with Crippen molar-refractivity contribution >= 4 is 5.82 Å². The first-order valence-corrected chi connectivity index (χ1v) is 7.53. The molecular formula is C18H24N4. The number of aromatic nitrogens is 2. The quantitative estimate of drug-likeness (QED) is 0.538. The second-order valence-corrected chi connectivity index (χ2v) is 5.32. The third-order valence-electron chi connectivity index (χ3n) is 3.42. The van der Waals surface area contributed by atoms with Gasteiger partial charge in [0.25, 0.3) is 0 Å². The highest BCUT2D eigenvalue weighted by Gasteiger charge is 2.11. The monoisotopic (exact) mass is 296 g/mol. The zero-order valence-corrected chi connectivity index (χ0v) is 13.5. The molecule has 0 unspecified atom stereocenters. The molecule has 4 nitrogen and oxygen atoms in total. The molecule has 2 rings (SSSR count). The smallest absolute Gasteiger partial charge is 0.156 e. The number of allylic oxidation sites excluding steroid dienone is 2. The van der Waals surface area contributed by atoms with Crippen molar-refractivity contribution < 1.29 is 0 Å². The van der Waals surface area contributed by atoms with Crippen LogP contribution in [0, 0.1) is 13.8 Å². The van der Waals surface area contributed by atoms with Crippen molar-refractivity contribution in [1.82, 2.24) is 15.5 Å². The van der Waals surface area contributed by atoms with Crippen molar-refractivity contribution in [3.63, 3.8) is 0 Å². The fraction of sp³-hybridized carbons (Fsp3) is 0.278. The van der Waals surface area contributed by atoms with Crippen LogP contribution in [0.3, 0.4) is 0 Å². The number of benzene rings is 1. The van der Waals surface area contributed by atoms with Gasteiger partial charge in [0.15, 0.2) is 5.82 Å². The standard InChI is InChI=1S/C18H24N4/c1-5-6-14(3)19-11-12-20-18-17(15(4)21-22-18)16-9-7-13(2)8-10-16/h5-10,19H,3,11-12H2,1-2,4H3,(H2,20,21,22)/b6-5+. The Bertz CT molecular complexity index is 650. The molecule has 0 aliphatic carbocycles. The van der Waals surface area contributed by atoms with Crippen LogP contribution in [-0.4, -0.2) is 23.3 Å². The summed E-state index contributed by atoms with van der Waals surface area (Å²) in [4.78, 5) is 0. The van der Waals surface area contributed by atoms with Gasteiger partial charge in [0, 0.05) is 30.0 Å². The number of rotatable bonds is 7. The van der Waals surface area contributed by atoms with Crippen molar-refractivity contribution in [2.75, 3.05) is 18.4 Å². The molecule has 0 spiro atoms. The minimum absolute atomic E-state index is 0.778. The zero-order valence-electron chi connectivity index (χ0n) is 13.5. The third-order valence-corrected chi connectivity index (χ3v) is 3.42. The van der Waals surface area contributed by atoms with Crippen LogP contribution in [0.25, 0.3) is 11.1 Å². The highest BCUT2D eigenvalue weighted by molar-refractivity contribution is 5.77. The molecule has 0 radical (unpaired) electrons. The van der Waals surface area contributed by atoms with Crippen molar-refractivity contribution in [3.05, 3.63) is 60.0 Å². The van der Waals surface area contributed by atoms with E-state index in [-0.39, 0.29) is 0 Å². The molecule has 1 aromatic carbocycles. The summed E-state index contributed by atoms with van der Waals surface area (Å²) in [6.45, 7) is 11.6. The second-order valence-electron chi connectivity index (χ2n) is 5.32. The van der Waals surface area contributed by atoms with Gasteiger partial charge in [0.2, 0.25) is 0 Å². The Morgan fingerprint density at radius 3 is 2.64 bits per heavy atom. The van der Waals surface area contributed by atoms with Crippen LogP contribution >= 0.6 is 0 Å². The average Bonchev–Trinajstić information content (AvgIpc) is 2.86. The van der Waals surface area contributed by atoms with E-state index in [1.165, 1.54) is 11.1 Å². The molecule has 0 aliphatic heterocycles. The maximum Gasteiger partial charge on any atom is 0.156 e. The molecule has 0 aliphatic rings. The van der Waals surface area contributed by atoms with Crippen LogP contribution in [0.1, 0.15) is 18.2 Å². The minimum atomic E-state index is 0.778. The maximum atomic E-state index is 4.37. The summed E-state index contributed by atoms with van der Waals surface area (Å²) >= 11 is 0. The molecule has 2 aromatic rings. The summed E-state index contributed by atoms with van der Waals surface area (Å²) in [5.41, 5.74) is 5.54. The Labute approximate surface area is 132 Å². The van der Waals surface area contributed by atoms with E-state index in [9.17, 15) is 0 Å². The van der Waals surface area contributed by atoms with Crippen molar-refractivity contribution in [1.29, 1.82) is 0 Å². The number of hydrogen-bond acceptors (Lipinski definition) is 3. The zero-order chi connectivity index (χ0) is 15.9. The van der Waals surface area contributed by atoms with Crippen molar-refractivity contribution in [2.24, 2.45) is 0 Å². The van der Waals surface area contributed by atoms with Crippen LogP contribution in [0.2, 0.25) is 0 Å². The Morgan fingerprint density at radius 1 is 1.23 bits per heavy atom. The number of aryl methyl sites for hydroxylation is 2. The largest absolute Gasteiger partial charge is 0.384 e. The molecule has 0 saturated heterocycles. The lowest BCUT2D eigenvalue weighted by atomic mass is 10.0. The predicted molar refractivity (Wildman–Crippen MR) is 93.9 cm³/mol. The van der Waals surface area contributed by atoms with E-state index in [1.807, 2.05) is 26.0 Å². The van der Waals surface area contributed by atoms with Crippen molar-refractivity contribution in [2.45, 2.75) is 20.8 Å². The Hall–Kier alpha value is -2.49. The van der Waals surface area contributed by atoms with Gasteiger partial charge >= 0.3 is 0 Å². The van der Waals surface area contributed by atoms with Gasteiger partial charge in [-0.15, -0.1) is 0 Å². The average molecular weight is 296 g/mol. The number of nitrogens with zero attached hydrogens (tertiary/aromatic N) is 1. The second kappa shape index (κ2) is 7.50. The van der Waals surface area contributed by atoms with Crippen LogP contribution in [0.15, 0.2) is 48.7 Å². The highest BCUT2D eigenvalue weighted by Crippen LogP contribution is 2.29. The van der Waals surface area contributed by atoms with Crippen LogP contribution in [0.4, 0.5) is 5.82 Å². The van der Waals surface area contributed by atoms with E-state index in [4.69, 9.17) is 0 Å². The van der Waals surface area contributed by atoms with Crippen molar-refractivity contribution in [3.8, 4) is 11.1 Å². The molecule has 116 valence electrons. The molecule has 0 saturated carbocycles. The molecule has 0 amide bonds. The van der Waals surface area contributed by atoms with Gasteiger partial charge in [-0.05, 0) is 32.4 Å². The van der Waals surface area contributed by atoms with E-state index >= 15 is 0 Å². The van der Waals surface area contributed by atoms with E-state index in [1.54, 1.807) is 0 Å². The first-order valence-electron chi connectivity index (χ1n) is 7.53. The lowest BCUT2D eigenvalue weighted by Gasteiger charge is -2.09. The highest BCUT2D eigenvalue weighted by atomic mass is 15.2. The normalized spacial score (nSPS) is 10.9. The SMILES string of the molecule is C=C(/C=C/C)NCCNc1n[nH]c(C)c1-c1ccc(C)cc1. The Kier molecular flexibility index (Phi) is 5.42. The molecule has 1 aromatic heterocycles. The summed E-state index contributed by atoms with van der Waals surface area (Å²) in [5.74, 6) is 0.889. The first kappa shape index (κ1) is 15.9. The van der Waals surface area contributed by atoms with E-state index in [2.05, 4.69) is 58.6 Å². The van der Waals surface area contributed by atoms with Gasteiger partial charge in [-0.25, -0.2) is 0 Å². The van der Waals surface area contributed by atoms with Gasteiger partial charge in [-0.1, -0.05) is 42.5 Å². The number of anilines is 1. The molecule has 22 heavy (non-hydrogen) atoms. The lowest BCUT2D eigenvalue weighted by Crippen LogP contribution is -2.20. The Morgan fingerprint density at radius 2 is 1.95 bits per heavy atom. The molecular weight excluding hydrogens is 272 g/mol. The van der Waals surface area contributed by atoms with Gasteiger partial charge in [0.05, 0.1) is 0 Å². The summed E-state index contributed by atoms with van der Waals surface area (Å²) in [6, 6.07) is 8.50. The molecule has 0 fully saturated rings. The fourth-order valence-corrected chi connectivity index (χ4v) is 2.29. The molecule has 1 heterocycles. The van der Waals surface area contributed by atoms with Gasteiger partial charge in [0.1, 0.15) is 0 Å². The van der Waals surface area contributed by atoms with Gasteiger partial charge in [-0.3, -0.25) is 5.10 Å². The third kappa shape index (κ3) is 4.01. The first-order chi connectivity index (χ1) is 10.6. The van der Waals surface area contributed by atoms with Crippen LogP contribution in [-0.2, 0) is 0 Å². The topological polar surface area (TPSA) is 52.7 Å². The Balaban J connectivity index is 2.01. The number of aromatic amines is 1. The molecule has 4 heteroatoms. The molecule has 3 N–H and O–H groups in total. The van der Waals surface area contributed by atoms with Crippen LogP contribution in [0.5, 0.6) is 0 Å². The predicted octanol–water partition coefficient (Wildman–Crippen LogP) is 3.78. The summed E-state index contributed by atoms with van der Waals surface area (Å²) < 4.78 is 0. The molecule has 0 atom stereocenters. The van der Waals surface area contributed by atoms with Gasteiger partial charge < -0.3 is 10.6 Å². The van der Waals surface area contributed by atoms with E-state index in [0.717, 1.165) is 35.9 Å². The molecule has 0 bridgehead atoms. The minimum Gasteiger partial charge on any atom is -0.384 e. The number of H-pyrrole nitrogens is 1. The summed E-state index contributed by atoms with van der Waals surface area (Å²) in [6.07, 6.45) is 3.92. The fourth-order valence-electron chi connectivity index (χ4n) is 2.29. The van der Waals surface area contributed by atoms with Gasteiger partial charge in [-0.2, -0.15) is 5.10 Å².